The van der Waals surface area contributed by atoms with Crippen molar-refractivity contribution in [3.8, 4) is 0 Å². The van der Waals surface area contributed by atoms with Crippen molar-refractivity contribution in [2.45, 2.75) is 30.6 Å². The molecule has 152 valence electrons. The molecule has 0 aliphatic carbocycles. The SMILES string of the molecule is C[C@@]1(F)[C@H](O)[C@@H](COC(=O)c2ccccc2)O[C@@]1(O)c1ccc2c(N)ncnn12. The number of nitrogens with two attached hydrogens (primary N) is 1. The summed E-state index contributed by atoms with van der Waals surface area (Å²) in [4.78, 5) is 16.0. The molecule has 2 aromatic heterocycles. The molecule has 4 N–H and O–H groups in total. The van der Waals surface area contributed by atoms with Crippen molar-refractivity contribution in [1.29, 1.82) is 0 Å². The molecule has 1 saturated heterocycles. The van der Waals surface area contributed by atoms with Gasteiger partial charge in [-0.2, -0.15) is 5.10 Å². The molecule has 1 aliphatic rings. The van der Waals surface area contributed by atoms with Crippen LogP contribution in [0.15, 0.2) is 48.8 Å². The first-order valence-corrected chi connectivity index (χ1v) is 8.84. The second-order valence-electron chi connectivity index (χ2n) is 6.95. The summed E-state index contributed by atoms with van der Waals surface area (Å²) in [5.74, 6) is -3.10. The Morgan fingerprint density at radius 1 is 1.34 bits per heavy atom. The van der Waals surface area contributed by atoms with Gasteiger partial charge in [-0.15, -0.1) is 0 Å². The number of halogens is 1. The fraction of sp³-hybridized carbons (Fsp3) is 0.316. The first-order chi connectivity index (χ1) is 13.8. The highest BCUT2D eigenvalue weighted by Gasteiger charge is 2.66. The maximum absolute atomic E-state index is 15.5. The maximum atomic E-state index is 15.5. The molecule has 4 rings (SSSR count). The molecule has 0 saturated carbocycles. The van der Waals surface area contributed by atoms with Gasteiger partial charge in [-0.1, -0.05) is 18.2 Å². The van der Waals surface area contributed by atoms with E-state index in [2.05, 4.69) is 10.1 Å². The number of benzene rings is 1. The lowest BCUT2D eigenvalue weighted by atomic mass is 9.90. The van der Waals surface area contributed by atoms with Gasteiger partial charge in [-0.05, 0) is 31.2 Å². The number of nitrogens with zero attached hydrogens (tertiary/aromatic N) is 3. The molecule has 0 bridgehead atoms. The summed E-state index contributed by atoms with van der Waals surface area (Å²) in [5, 5.41) is 25.5. The minimum atomic E-state index is -2.63. The highest BCUT2D eigenvalue weighted by atomic mass is 19.1. The molecule has 4 atom stereocenters. The zero-order chi connectivity index (χ0) is 20.8. The predicted octanol–water partition coefficient (Wildman–Crippen LogP) is 0.801. The molecular formula is C19H19FN4O5. The van der Waals surface area contributed by atoms with Gasteiger partial charge in [0.1, 0.15) is 36.4 Å². The molecule has 10 heteroatoms. The van der Waals surface area contributed by atoms with Crippen LogP contribution in [0.3, 0.4) is 0 Å². The van der Waals surface area contributed by atoms with Crippen LogP contribution in [0.1, 0.15) is 23.0 Å². The highest BCUT2D eigenvalue weighted by molar-refractivity contribution is 5.89. The average molecular weight is 402 g/mol. The Hall–Kier alpha value is -3.08. The number of hydrogen-bond donors (Lipinski definition) is 3. The van der Waals surface area contributed by atoms with Gasteiger partial charge in [0, 0.05) is 0 Å². The van der Waals surface area contributed by atoms with E-state index < -0.39 is 36.2 Å². The van der Waals surface area contributed by atoms with Crippen LogP contribution >= 0.6 is 0 Å². The van der Waals surface area contributed by atoms with Crippen LogP contribution in [0.5, 0.6) is 0 Å². The van der Waals surface area contributed by atoms with E-state index >= 15 is 4.39 Å². The summed E-state index contributed by atoms with van der Waals surface area (Å²) in [7, 11) is 0. The van der Waals surface area contributed by atoms with Crippen LogP contribution < -0.4 is 5.73 Å². The summed E-state index contributed by atoms with van der Waals surface area (Å²) < 4.78 is 27.3. The number of aromatic nitrogens is 3. The Bertz CT molecular complexity index is 1060. The normalized spacial score (nSPS) is 29.2. The van der Waals surface area contributed by atoms with Crippen LogP contribution in [-0.4, -0.2) is 55.3 Å². The monoisotopic (exact) mass is 402 g/mol. The topological polar surface area (TPSA) is 132 Å². The highest BCUT2D eigenvalue weighted by Crippen LogP contribution is 2.48. The number of ether oxygens (including phenoxy) is 2. The van der Waals surface area contributed by atoms with Crippen molar-refractivity contribution in [2.75, 3.05) is 12.3 Å². The number of hydrogen-bond acceptors (Lipinski definition) is 8. The number of carbonyl (C=O) groups is 1. The van der Waals surface area contributed by atoms with Crippen molar-refractivity contribution in [3.63, 3.8) is 0 Å². The number of carbonyl (C=O) groups excluding carboxylic acids is 1. The molecule has 0 radical (unpaired) electrons. The molecule has 3 heterocycles. The third kappa shape index (κ3) is 2.92. The molecule has 9 nitrogen and oxygen atoms in total. The molecule has 0 spiro atoms. The average Bonchev–Trinajstić information content (AvgIpc) is 3.22. The van der Waals surface area contributed by atoms with Crippen LogP contribution in [0.2, 0.25) is 0 Å². The second kappa shape index (κ2) is 6.76. The third-order valence-corrected chi connectivity index (χ3v) is 5.11. The van der Waals surface area contributed by atoms with Crippen molar-refractivity contribution >= 4 is 17.3 Å². The number of alkyl halides is 1. The zero-order valence-electron chi connectivity index (χ0n) is 15.4. The van der Waals surface area contributed by atoms with Crippen molar-refractivity contribution < 1.29 is 28.9 Å². The van der Waals surface area contributed by atoms with Gasteiger partial charge in [0.15, 0.2) is 11.5 Å². The fourth-order valence-electron chi connectivity index (χ4n) is 3.41. The fourth-order valence-corrected chi connectivity index (χ4v) is 3.41. The predicted molar refractivity (Wildman–Crippen MR) is 98.4 cm³/mol. The van der Waals surface area contributed by atoms with Gasteiger partial charge >= 0.3 is 5.97 Å². The molecule has 29 heavy (non-hydrogen) atoms. The van der Waals surface area contributed by atoms with E-state index in [4.69, 9.17) is 15.2 Å². The second-order valence-corrected chi connectivity index (χ2v) is 6.95. The quantitative estimate of drug-likeness (QED) is 0.546. The number of aliphatic hydroxyl groups excluding tert-OH is 1. The number of anilines is 1. The number of aliphatic hydroxyl groups is 2. The molecule has 1 aromatic carbocycles. The minimum Gasteiger partial charge on any atom is -0.459 e. The van der Waals surface area contributed by atoms with Gasteiger partial charge < -0.3 is 25.4 Å². The van der Waals surface area contributed by atoms with Crippen LogP contribution in [0.4, 0.5) is 10.2 Å². The van der Waals surface area contributed by atoms with Crippen LogP contribution in [0, 0.1) is 0 Å². The van der Waals surface area contributed by atoms with E-state index in [0.717, 1.165) is 13.3 Å². The molecule has 0 unspecified atom stereocenters. The number of fused-ring (bicyclic) bond motifs is 1. The number of esters is 1. The lowest BCUT2D eigenvalue weighted by molar-refractivity contribution is -0.256. The summed E-state index contributed by atoms with van der Waals surface area (Å²) in [6, 6.07) is 11.1. The van der Waals surface area contributed by atoms with Gasteiger partial charge in [-0.25, -0.2) is 18.7 Å². The molecule has 1 aliphatic heterocycles. The lowest BCUT2D eigenvalue weighted by Gasteiger charge is -2.31. The van der Waals surface area contributed by atoms with Crippen molar-refractivity contribution in [1.82, 2.24) is 14.6 Å². The smallest absolute Gasteiger partial charge is 0.338 e. The summed E-state index contributed by atoms with van der Waals surface area (Å²) in [6.07, 6.45) is -1.94. The zero-order valence-corrected chi connectivity index (χ0v) is 15.4. The Morgan fingerprint density at radius 3 is 2.79 bits per heavy atom. The van der Waals surface area contributed by atoms with Crippen molar-refractivity contribution in [2.24, 2.45) is 0 Å². The van der Waals surface area contributed by atoms with Gasteiger partial charge in [-0.3, -0.25) is 0 Å². The molecule has 1 fully saturated rings. The Labute approximate surface area is 164 Å². The van der Waals surface area contributed by atoms with E-state index in [1.807, 2.05) is 0 Å². The van der Waals surface area contributed by atoms with Crippen LogP contribution in [0.25, 0.3) is 5.52 Å². The summed E-state index contributed by atoms with van der Waals surface area (Å²) in [6.45, 7) is 0.539. The molecule has 0 amide bonds. The number of nitrogen functional groups attached to an aromatic ring is 1. The van der Waals surface area contributed by atoms with Gasteiger partial charge in [0.25, 0.3) is 0 Å². The Balaban J connectivity index is 1.60. The maximum Gasteiger partial charge on any atom is 0.338 e. The molecule has 3 aromatic rings. The minimum absolute atomic E-state index is 0.0810. The summed E-state index contributed by atoms with van der Waals surface area (Å²) >= 11 is 0. The lowest BCUT2D eigenvalue weighted by Crippen LogP contribution is -2.49. The number of rotatable bonds is 4. The van der Waals surface area contributed by atoms with E-state index in [-0.39, 0.29) is 11.5 Å². The largest absolute Gasteiger partial charge is 0.459 e. The van der Waals surface area contributed by atoms with E-state index in [9.17, 15) is 15.0 Å². The standard InChI is InChI=1S/C19H19FN4O5/c1-18(20)15(25)13(9-28-17(26)11-5-3-2-4-6-11)29-19(18,27)14-8-7-12-16(21)22-10-23-24(12)14/h2-8,10,13,15,25,27H,9H2,1H3,(H2,21,22,23)/t13-,15-,18-,19+/m1/s1. The van der Waals surface area contributed by atoms with Gasteiger partial charge in [0.2, 0.25) is 5.79 Å². The first-order valence-electron chi connectivity index (χ1n) is 8.84. The van der Waals surface area contributed by atoms with Crippen molar-refractivity contribution in [3.05, 3.63) is 60.0 Å². The van der Waals surface area contributed by atoms with E-state index in [1.165, 1.54) is 16.6 Å². The van der Waals surface area contributed by atoms with E-state index in [1.54, 1.807) is 30.3 Å². The Morgan fingerprint density at radius 2 is 2.07 bits per heavy atom. The molecular weight excluding hydrogens is 383 g/mol. The Kier molecular flexibility index (Phi) is 4.49. The van der Waals surface area contributed by atoms with E-state index in [0.29, 0.717) is 11.1 Å². The van der Waals surface area contributed by atoms with Gasteiger partial charge in [0.05, 0.1) is 5.56 Å². The third-order valence-electron chi connectivity index (χ3n) is 5.11. The van der Waals surface area contributed by atoms with Crippen LogP contribution in [-0.2, 0) is 15.3 Å². The summed E-state index contributed by atoms with van der Waals surface area (Å²) in [5.41, 5.74) is 3.69. The first kappa shape index (κ1) is 19.2.